The number of nitrogens with one attached hydrogen (secondary N) is 1. The number of furan rings is 1. The standard InChI is InChI=1S/C15H18N2O2/c1-11(14-3-2-10-19-14)17-15(18)9-6-12-4-7-13(16)8-5-12/h2-5,7-8,10-11H,6,9,16H2,1H3,(H,17,18). The van der Waals surface area contributed by atoms with Crippen molar-refractivity contribution in [2.24, 2.45) is 0 Å². The van der Waals surface area contributed by atoms with Crippen LogP contribution in [0.15, 0.2) is 47.1 Å². The van der Waals surface area contributed by atoms with E-state index >= 15 is 0 Å². The molecular formula is C15H18N2O2. The van der Waals surface area contributed by atoms with Crippen LogP contribution >= 0.6 is 0 Å². The molecule has 1 aromatic carbocycles. The molecule has 2 rings (SSSR count). The third kappa shape index (κ3) is 3.88. The van der Waals surface area contributed by atoms with Crippen LogP contribution in [-0.2, 0) is 11.2 Å². The van der Waals surface area contributed by atoms with E-state index in [0.717, 1.165) is 17.0 Å². The molecule has 4 heteroatoms. The van der Waals surface area contributed by atoms with Gasteiger partial charge in [0.1, 0.15) is 5.76 Å². The molecule has 1 aromatic heterocycles. The SMILES string of the molecule is CC(NC(=O)CCc1ccc(N)cc1)c1ccco1. The number of benzene rings is 1. The minimum Gasteiger partial charge on any atom is -0.467 e. The van der Waals surface area contributed by atoms with Crippen molar-refractivity contribution < 1.29 is 9.21 Å². The van der Waals surface area contributed by atoms with E-state index in [-0.39, 0.29) is 11.9 Å². The van der Waals surface area contributed by atoms with Gasteiger partial charge in [-0.1, -0.05) is 12.1 Å². The van der Waals surface area contributed by atoms with Crippen LogP contribution in [0.2, 0.25) is 0 Å². The van der Waals surface area contributed by atoms with Gasteiger partial charge in [-0.25, -0.2) is 0 Å². The summed E-state index contributed by atoms with van der Waals surface area (Å²) in [5.41, 5.74) is 7.46. The quantitative estimate of drug-likeness (QED) is 0.810. The Hall–Kier alpha value is -2.23. The van der Waals surface area contributed by atoms with Crippen LogP contribution in [0.3, 0.4) is 0 Å². The fraction of sp³-hybridized carbons (Fsp3) is 0.267. The molecule has 1 amide bonds. The topological polar surface area (TPSA) is 68.3 Å². The van der Waals surface area contributed by atoms with E-state index in [1.807, 2.05) is 43.3 Å². The molecule has 0 saturated heterocycles. The Balaban J connectivity index is 1.80. The number of rotatable bonds is 5. The summed E-state index contributed by atoms with van der Waals surface area (Å²) in [6.07, 6.45) is 2.76. The highest BCUT2D eigenvalue weighted by Crippen LogP contribution is 2.13. The Bertz CT molecular complexity index is 518. The molecule has 0 fully saturated rings. The minimum atomic E-state index is -0.103. The summed E-state index contributed by atoms with van der Waals surface area (Å²) in [7, 11) is 0. The summed E-state index contributed by atoms with van der Waals surface area (Å²) in [5.74, 6) is 0.779. The summed E-state index contributed by atoms with van der Waals surface area (Å²) >= 11 is 0. The normalized spacial score (nSPS) is 12.1. The van der Waals surface area contributed by atoms with Crippen molar-refractivity contribution in [3.63, 3.8) is 0 Å². The predicted octanol–water partition coefficient (Wildman–Crippen LogP) is 2.67. The Morgan fingerprint density at radius 1 is 1.32 bits per heavy atom. The molecular weight excluding hydrogens is 240 g/mol. The van der Waals surface area contributed by atoms with Gasteiger partial charge in [0, 0.05) is 12.1 Å². The lowest BCUT2D eigenvalue weighted by Crippen LogP contribution is -2.26. The van der Waals surface area contributed by atoms with Gasteiger partial charge in [0.25, 0.3) is 0 Å². The largest absolute Gasteiger partial charge is 0.467 e. The van der Waals surface area contributed by atoms with Gasteiger partial charge in [-0.3, -0.25) is 4.79 Å². The van der Waals surface area contributed by atoms with E-state index in [1.54, 1.807) is 6.26 Å². The summed E-state index contributed by atoms with van der Waals surface area (Å²) in [6.45, 7) is 1.90. The average Bonchev–Trinajstić information content (AvgIpc) is 2.92. The van der Waals surface area contributed by atoms with Crippen molar-refractivity contribution in [2.45, 2.75) is 25.8 Å². The van der Waals surface area contributed by atoms with Crippen LogP contribution in [-0.4, -0.2) is 5.91 Å². The fourth-order valence-electron chi connectivity index (χ4n) is 1.86. The van der Waals surface area contributed by atoms with Crippen molar-refractivity contribution >= 4 is 11.6 Å². The molecule has 0 radical (unpaired) electrons. The second-order valence-corrected chi connectivity index (χ2v) is 4.55. The maximum absolute atomic E-state index is 11.8. The maximum atomic E-state index is 11.8. The van der Waals surface area contributed by atoms with Gasteiger partial charge in [-0.2, -0.15) is 0 Å². The highest BCUT2D eigenvalue weighted by atomic mass is 16.3. The molecule has 0 bridgehead atoms. The zero-order chi connectivity index (χ0) is 13.7. The van der Waals surface area contributed by atoms with E-state index in [0.29, 0.717) is 12.8 Å². The first-order valence-electron chi connectivity index (χ1n) is 6.32. The van der Waals surface area contributed by atoms with E-state index in [2.05, 4.69) is 5.32 Å². The number of carbonyl (C=O) groups excluding carboxylic acids is 1. The lowest BCUT2D eigenvalue weighted by atomic mass is 10.1. The molecule has 0 spiro atoms. The summed E-state index contributed by atoms with van der Waals surface area (Å²) in [5, 5.41) is 2.91. The van der Waals surface area contributed by atoms with Crippen molar-refractivity contribution in [3.8, 4) is 0 Å². The molecule has 0 aliphatic carbocycles. The molecule has 19 heavy (non-hydrogen) atoms. The highest BCUT2D eigenvalue weighted by Gasteiger charge is 2.11. The summed E-state index contributed by atoms with van der Waals surface area (Å²) in [4.78, 5) is 11.8. The second kappa shape index (κ2) is 6.09. The Morgan fingerprint density at radius 2 is 2.05 bits per heavy atom. The first-order chi connectivity index (χ1) is 9.15. The first-order valence-corrected chi connectivity index (χ1v) is 6.32. The molecule has 4 nitrogen and oxygen atoms in total. The van der Waals surface area contributed by atoms with Gasteiger partial charge in [0.15, 0.2) is 0 Å². The van der Waals surface area contributed by atoms with E-state index < -0.39 is 0 Å². The predicted molar refractivity (Wildman–Crippen MR) is 74.4 cm³/mol. The smallest absolute Gasteiger partial charge is 0.220 e. The molecule has 2 aromatic rings. The maximum Gasteiger partial charge on any atom is 0.220 e. The fourth-order valence-corrected chi connectivity index (χ4v) is 1.86. The molecule has 100 valence electrons. The van der Waals surface area contributed by atoms with Crippen LogP contribution < -0.4 is 11.1 Å². The third-order valence-corrected chi connectivity index (χ3v) is 2.97. The van der Waals surface area contributed by atoms with Gasteiger partial charge in [-0.15, -0.1) is 0 Å². The number of amides is 1. The minimum absolute atomic E-state index is 0.0146. The van der Waals surface area contributed by atoms with Gasteiger partial charge >= 0.3 is 0 Å². The number of anilines is 1. The lowest BCUT2D eigenvalue weighted by molar-refractivity contribution is -0.121. The average molecular weight is 258 g/mol. The lowest BCUT2D eigenvalue weighted by Gasteiger charge is -2.11. The van der Waals surface area contributed by atoms with Crippen LogP contribution in [0.25, 0.3) is 0 Å². The third-order valence-electron chi connectivity index (χ3n) is 2.97. The molecule has 0 aliphatic rings. The van der Waals surface area contributed by atoms with E-state index in [1.165, 1.54) is 0 Å². The van der Waals surface area contributed by atoms with E-state index in [9.17, 15) is 4.79 Å². The Kier molecular flexibility index (Phi) is 4.23. The van der Waals surface area contributed by atoms with Crippen molar-refractivity contribution in [1.82, 2.24) is 5.32 Å². The monoisotopic (exact) mass is 258 g/mol. The number of carbonyl (C=O) groups is 1. The van der Waals surface area contributed by atoms with E-state index in [4.69, 9.17) is 10.2 Å². The van der Waals surface area contributed by atoms with Gasteiger partial charge in [-0.05, 0) is 43.2 Å². The van der Waals surface area contributed by atoms with Crippen molar-refractivity contribution in [1.29, 1.82) is 0 Å². The molecule has 1 atom stereocenters. The van der Waals surface area contributed by atoms with Crippen LogP contribution in [0.1, 0.15) is 30.7 Å². The number of hydrogen-bond donors (Lipinski definition) is 2. The molecule has 0 saturated carbocycles. The zero-order valence-electron chi connectivity index (χ0n) is 10.9. The van der Waals surface area contributed by atoms with Gasteiger partial charge in [0.2, 0.25) is 5.91 Å². The molecule has 1 unspecified atom stereocenters. The summed E-state index contributed by atoms with van der Waals surface area (Å²) < 4.78 is 5.24. The number of hydrogen-bond acceptors (Lipinski definition) is 3. The highest BCUT2D eigenvalue weighted by molar-refractivity contribution is 5.76. The number of aryl methyl sites for hydroxylation is 1. The molecule has 3 N–H and O–H groups in total. The molecule has 0 aliphatic heterocycles. The Labute approximate surface area is 112 Å². The van der Waals surface area contributed by atoms with Gasteiger partial charge < -0.3 is 15.5 Å². The molecule has 1 heterocycles. The zero-order valence-corrected chi connectivity index (χ0v) is 10.9. The van der Waals surface area contributed by atoms with Crippen LogP contribution in [0, 0.1) is 0 Å². The summed E-state index contributed by atoms with van der Waals surface area (Å²) in [6, 6.07) is 11.1. The second-order valence-electron chi connectivity index (χ2n) is 4.55. The number of nitrogen functional groups attached to an aromatic ring is 1. The van der Waals surface area contributed by atoms with Crippen LogP contribution in [0.4, 0.5) is 5.69 Å². The van der Waals surface area contributed by atoms with Crippen LogP contribution in [0.5, 0.6) is 0 Å². The number of nitrogens with two attached hydrogens (primary N) is 1. The van der Waals surface area contributed by atoms with Crippen molar-refractivity contribution in [3.05, 3.63) is 54.0 Å². The van der Waals surface area contributed by atoms with Crippen molar-refractivity contribution in [2.75, 3.05) is 5.73 Å². The first kappa shape index (κ1) is 13.2. The Morgan fingerprint density at radius 3 is 2.68 bits per heavy atom. The van der Waals surface area contributed by atoms with Gasteiger partial charge in [0.05, 0.1) is 12.3 Å².